The first-order valence-electron chi connectivity index (χ1n) is 7.88. The van der Waals surface area contributed by atoms with Crippen LogP contribution in [0.4, 0.5) is 0 Å². The topological polar surface area (TPSA) is 87.1 Å². The van der Waals surface area contributed by atoms with Crippen molar-refractivity contribution in [1.29, 1.82) is 0 Å². The number of nitrogens with zero attached hydrogens (tertiary/aromatic N) is 4. The highest BCUT2D eigenvalue weighted by molar-refractivity contribution is 7.98. The molecule has 0 radical (unpaired) electrons. The van der Waals surface area contributed by atoms with Crippen LogP contribution in [0.5, 0.6) is 5.75 Å². The molecule has 0 N–H and O–H groups in total. The summed E-state index contributed by atoms with van der Waals surface area (Å²) in [5, 5.41) is 14.5. The molecule has 9 heteroatoms. The Bertz CT molecular complexity index is 964. The van der Waals surface area contributed by atoms with Crippen molar-refractivity contribution in [1.82, 2.24) is 20.3 Å². The van der Waals surface area contributed by atoms with Crippen molar-refractivity contribution in [2.45, 2.75) is 17.9 Å². The summed E-state index contributed by atoms with van der Waals surface area (Å²) in [5.74, 6) is 2.84. The molecular weight excluding hydrogens is 372 g/mol. The van der Waals surface area contributed by atoms with Gasteiger partial charge in [-0.15, -0.1) is 21.5 Å². The minimum Gasteiger partial charge on any atom is -0.494 e. The highest BCUT2D eigenvalue weighted by Crippen LogP contribution is 2.27. The van der Waals surface area contributed by atoms with E-state index in [-0.39, 0.29) is 0 Å². The van der Waals surface area contributed by atoms with Crippen LogP contribution in [0.3, 0.4) is 0 Å². The van der Waals surface area contributed by atoms with Crippen molar-refractivity contribution in [2.75, 3.05) is 6.61 Å². The van der Waals surface area contributed by atoms with E-state index in [9.17, 15) is 0 Å². The molecule has 4 aromatic rings. The number of thiophene rings is 1. The standard InChI is InChI=1S/C17H14N4O3S2/c1-2-22-12-7-5-11(6-8-12)16-19-20-17(23-16)26-10-14-18-15(21-24-14)13-4-3-9-25-13/h3-9H,2,10H2,1H3. The van der Waals surface area contributed by atoms with E-state index in [4.69, 9.17) is 13.7 Å². The average Bonchev–Trinajstić information content (AvgIpc) is 3.41. The Kier molecular flexibility index (Phi) is 4.98. The van der Waals surface area contributed by atoms with E-state index in [1.165, 1.54) is 11.8 Å². The Morgan fingerprint density at radius 3 is 2.81 bits per heavy atom. The molecule has 7 nitrogen and oxygen atoms in total. The Labute approximate surface area is 157 Å². The lowest BCUT2D eigenvalue weighted by atomic mass is 10.2. The first-order valence-corrected chi connectivity index (χ1v) is 9.74. The first kappa shape index (κ1) is 16.8. The van der Waals surface area contributed by atoms with Gasteiger partial charge in [-0.2, -0.15) is 4.98 Å². The van der Waals surface area contributed by atoms with Gasteiger partial charge in [0.15, 0.2) is 0 Å². The zero-order valence-corrected chi connectivity index (χ0v) is 15.4. The van der Waals surface area contributed by atoms with E-state index in [1.54, 1.807) is 11.3 Å². The minimum absolute atomic E-state index is 0.449. The third kappa shape index (κ3) is 3.78. The summed E-state index contributed by atoms with van der Waals surface area (Å²) in [6.45, 7) is 2.58. The van der Waals surface area contributed by atoms with Crippen molar-refractivity contribution in [3.8, 4) is 27.9 Å². The molecule has 0 spiro atoms. The third-order valence-electron chi connectivity index (χ3n) is 3.35. The SMILES string of the molecule is CCOc1ccc(-c2nnc(SCc3nc(-c4cccs4)no3)o2)cc1. The van der Waals surface area contributed by atoms with Gasteiger partial charge in [-0.3, -0.25) is 0 Å². The van der Waals surface area contributed by atoms with Gasteiger partial charge in [-0.25, -0.2) is 0 Å². The van der Waals surface area contributed by atoms with Gasteiger partial charge in [0.05, 0.1) is 17.2 Å². The Morgan fingerprint density at radius 1 is 1.15 bits per heavy atom. The summed E-state index contributed by atoms with van der Waals surface area (Å²) in [6, 6.07) is 11.4. The molecular formula is C17H14N4O3S2. The highest BCUT2D eigenvalue weighted by Gasteiger charge is 2.13. The van der Waals surface area contributed by atoms with Crippen LogP contribution >= 0.6 is 23.1 Å². The van der Waals surface area contributed by atoms with E-state index >= 15 is 0 Å². The summed E-state index contributed by atoms with van der Waals surface area (Å²) in [5.41, 5.74) is 0.838. The number of thioether (sulfide) groups is 1. The van der Waals surface area contributed by atoms with E-state index in [2.05, 4.69) is 20.3 Å². The van der Waals surface area contributed by atoms with Gasteiger partial charge in [0.25, 0.3) is 5.22 Å². The highest BCUT2D eigenvalue weighted by atomic mass is 32.2. The van der Waals surface area contributed by atoms with Gasteiger partial charge in [-0.1, -0.05) is 23.0 Å². The minimum atomic E-state index is 0.449. The monoisotopic (exact) mass is 386 g/mol. The van der Waals surface area contributed by atoms with Crippen molar-refractivity contribution in [3.05, 3.63) is 47.7 Å². The maximum Gasteiger partial charge on any atom is 0.277 e. The number of hydrogen-bond donors (Lipinski definition) is 0. The largest absolute Gasteiger partial charge is 0.494 e. The van der Waals surface area contributed by atoms with E-state index in [0.717, 1.165) is 16.2 Å². The quantitative estimate of drug-likeness (QED) is 0.428. The molecule has 0 amide bonds. The predicted molar refractivity (Wildman–Crippen MR) is 98.1 cm³/mol. The van der Waals surface area contributed by atoms with Gasteiger partial charge in [-0.05, 0) is 42.6 Å². The fourth-order valence-corrected chi connectivity index (χ4v) is 3.44. The van der Waals surface area contributed by atoms with Crippen LogP contribution in [0, 0.1) is 0 Å². The first-order chi connectivity index (χ1) is 12.8. The molecule has 0 saturated heterocycles. The Hall–Kier alpha value is -2.65. The van der Waals surface area contributed by atoms with Gasteiger partial charge < -0.3 is 13.7 Å². The number of hydrogen-bond acceptors (Lipinski definition) is 9. The van der Waals surface area contributed by atoms with Gasteiger partial charge in [0, 0.05) is 5.56 Å². The third-order valence-corrected chi connectivity index (χ3v) is 5.02. The van der Waals surface area contributed by atoms with Crippen molar-refractivity contribution in [3.63, 3.8) is 0 Å². The molecule has 0 bridgehead atoms. The molecule has 3 heterocycles. The zero-order valence-electron chi connectivity index (χ0n) is 13.8. The lowest BCUT2D eigenvalue weighted by Gasteiger charge is -2.02. The molecule has 1 aromatic carbocycles. The van der Waals surface area contributed by atoms with Crippen LogP contribution in [0.15, 0.2) is 55.9 Å². The maximum absolute atomic E-state index is 5.68. The van der Waals surface area contributed by atoms with Crippen LogP contribution in [0.2, 0.25) is 0 Å². The van der Waals surface area contributed by atoms with Gasteiger partial charge in [0.2, 0.25) is 17.6 Å². The molecule has 3 aromatic heterocycles. The molecule has 26 heavy (non-hydrogen) atoms. The molecule has 4 rings (SSSR count). The number of benzene rings is 1. The van der Waals surface area contributed by atoms with Crippen LogP contribution in [0.1, 0.15) is 12.8 Å². The van der Waals surface area contributed by atoms with E-state index < -0.39 is 0 Å². The lowest BCUT2D eigenvalue weighted by molar-refractivity contribution is 0.340. The lowest BCUT2D eigenvalue weighted by Crippen LogP contribution is -1.90. The number of rotatable bonds is 7. The summed E-state index contributed by atoms with van der Waals surface area (Å²) < 4.78 is 16.4. The zero-order chi connectivity index (χ0) is 17.8. The second-order valence-corrected chi connectivity index (χ2v) is 6.98. The predicted octanol–water partition coefficient (Wildman–Crippen LogP) is 4.54. The maximum atomic E-state index is 5.68. The molecule has 0 aliphatic heterocycles. The van der Waals surface area contributed by atoms with Gasteiger partial charge in [0.1, 0.15) is 5.75 Å². The Balaban J connectivity index is 1.39. The number of aromatic nitrogens is 4. The molecule has 0 atom stereocenters. The average molecular weight is 386 g/mol. The fourth-order valence-electron chi connectivity index (χ4n) is 2.19. The summed E-state index contributed by atoms with van der Waals surface area (Å²) in [4.78, 5) is 5.34. The molecule has 0 aliphatic rings. The van der Waals surface area contributed by atoms with Crippen molar-refractivity contribution < 1.29 is 13.7 Å². The van der Waals surface area contributed by atoms with Crippen LogP contribution in [-0.2, 0) is 5.75 Å². The molecule has 132 valence electrons. The second kappa shape index (κ2) is 7.71. The normalized spacial score (nSPS) is 11.0. The molecule has 0 unspecified atom stereocenters. The summed E-state index contributed by atoms with van der Waals surface area (Å²) in [6.07, 6.45) is 0. The van der Waals surface area contributed by atoms with Crippen molar-refractivity contribution >= 4 is 23.1 Å². The summed E-state index contributed by atoms with van der Waals surface area (Å²) in [7, 11) is 0. The molecule has 0 aliphatic carbocycles. The van der Waals surface area contributed by atoms with Gasteiger partial charge >= 0.3 is 0 Å². The van der Waals surface area contributed by atoms with Crippen LogP contribution < -0.4 is 4.74 Å². The molecule has 0 fully saturated rings. The van der Waals surface area contributed by atoms with E-state index in [1.807, 2.05) is 48.7 Å². The molecule has 0 saturated carbocycles. The van der Waals surface area contributed by atoms with Crippen molar-refractivity contribution in [2.24, 2.45) is 0 Å². The summed E-state index contributed by atoms with van der Waals surface area (Å²) >= 11 is 2.92. The van der Waals surface area contributed by atoms with Crippen LogP contribution in [0.25, 0.3) is 22.2 Å². The second-order valence-electron chi connectivity index (χ2n) is 5.11. The van der Waals surface area contributed by atoms with E-state index in [0.29, 0.717) is 35.2 Å². The van der Waals surface area contributed by atoms with Crippen LogP contribution in [-0.4, -0.2) is 26.9 Å². The smallest absolute Gasteiger partial charge is 0.277 e. The Morgan fingerprint density at radius 2 is 2.04 bits per heavy atom. The number of ether oxygens (including phenoxy) is 1. The fraction of sp³-hybridized carbons (Fsp3) is 0.176.